The molecule has 0 aliphatic carbocycles. The van der Waals surface area contributed by atoms with Gasteiger partial charge < -0.3 is 9.84 Å². The fourth-order valence-electron chi connectivity index (χ4n) is 2.09. The molecule has 1 rings (SSSR count). The summed E-state index contributed by atoms with van der Waals surface area (Å²) < 4.78 is 4.98. The first-order chi connectivity index (χ1) is 10.0. The van der Waals surface area contributed by atoms with Crippen molar-refractivity contribution in [1.29, 1.82) is 0 Å². The van der Waals surface area contributed by atoms with E-state index in [4.69, 9.17) is 16.3 Å². The summed E-state index contributed by atoms with van der Waals surface area (Å²) in [5.41, 5.74) is -1.60. The Balaban J connectivity index is 3.42. The summed E-state index contributed by atoms with van der Waals surface area (Å²) in [5, 5.41) is 9.91. The number of halogens is 1. The minimum Gasteiger partial charge on any atom is -0.480 e. The van der Waals surface area contributed by atoms with Crippen LogP contribution in [0.4, 0.5) is 0 Å². The third-order valence-corrected chi connectivity index (χ3v) is 3.45. The lowest BCUT2D eigenvalue weighted by molar-refractivity contribution is -0.162. The summed E-state index contributed by atoms with van der Waals surface area (Å²) >= 11 is 6.10. The van der Waals surface area contributed by atoms with Gasteiger partial charge in [0.2, 0.25) is 0 Å². The minimum absolute atomic E-state index is 0.00569. The first kappa shape index (κ1) is 17.1. The topological polar surface area (TPSA) is 63.6 Å². The van der Waals surface area contributed by atoms with Crippen molar-refractivity contribution in [1.82, 2.24) is 0 Å². The molecule has 0 aliphatic heterocycles. The Hall–Kier alpha value is -1.99. The minimum atomic E-state index is -1.84. The summed E-state index contributed by atoms with van der Waals surface area (Å²) in [6.45, 7) is 3.38. The van der Waals surface area contributed by atoms with Gasteiger partial charge in [-0.05, 0) is 31.9 Å². The van der Waals surface area contributed by atoms with Gasteiger partial charge in [-0.15, -0.1) is 11.8 Å². The molecule has 1 aromatic carbocycles. The average Bonchev–Trinajstić information content (AvgIpc) is 2.44. The molecule has 0 fully saturated rings. The highest BCUT2D eigenvalue weighted by atomic mass is 35.5. The fourth-order valence-corrected chi connectivity index (χ4v) is 2.39. The molecule has 0 aliphatic rings. The van der Waals surface area contributed by atoms with Crippen molar-refractivity contribution >= 4 is 23.5 Å². The molecule has 0 amide bonds. The molecule has 0 radical (unpaired) electrons. The molecule has 1 aromatic rings. The van der Waals surface area contributed by atoms with Gasteiger partial charge in [-0.3, -0.25) is 9.59 Å². The van der Waals surface area contributed by atoms with Crippen molar-refractivity contribution in [3.05, 3.63) is 34.9 Å². The molecule has 5 heteroatoms. The van der Waals surface area contributed by atoms with E-state index in [-0.39, 0.29) is 30.0 Å². The number of carboxylic acids is 1. The molecule has 0 aromatic heterocycles. The molecule has 0 spiro atoms. The van der Waals surface area contributed by atoms with Crippen LogP contribution in [0.15, 0.2) is 24.3 Å². The zero-order chi connectivity index (χ0) is 15.9. The molecule has 0 saturated heterocycles. The van der Waals surface area contributed by atoms with E-state index in [1.807, 2.05) is 0 Å². The molecular weight excluding hydrogens is 292 g/mol. The summed E-state index contributed by atoms with van der Waals surface area (Å²) in [7, 11) is 0. The number of carboxylic acid groups (broad SMARTS) is 1. The molecule has 0 saturated carbocycles. The highest BCUT2D eigenvalue weighted by Gasteiger charge is 2.50. The summed E-state index contributed by atoms with van der Waals surface area (Å²) in [6, 6.07) is 6.41. The van der Waals surface area contributed by atoms with Crippen molar-refractivity contribution in [3.8, 4) is 11.8 Å². The van der Waals surface area contributed by atoms with Crippen molar-refractivity contribution in [2.75, 3.05) is 6.61 Å². The van der Waals surface area contributed by atoms with Crippen LogP contribution in [0.1, 0.15) is 32.3 Å². The lowest BCUT2D eigenvalue weighted by atomic mass is 9.76. The Kier molecular flexibility index (Phi) is 6.26. The number of benzene rings is 1. The number of aliphatic carboxylic acids is 1. The Morgan fingerprint density at radius 2 is 2.05 bits per heavy atom. The zero-order valence-corrected chi connectivity index (χ0v) is 12.7. The lowest BCUT2D eigenvalue weighted by Crippen LogP contribution is -2.45. The Bertz CT molecular complexity index is 585. The number of hydrogen-bond acceptors (Lipinski definition) is 3. The van der Waals surface area contributed by atoms with E-state index in [1.165, 1.54) is 6.07 Å². The summed E-state index contributed by atoms with van der Waals surface area (Å²) in [5.74, 6) is 3.37. The van der Waals surface area contributed by atoms with Crippen LogP contribution >= 0.6 is 11.6 Å². The molecule has 21 heavy (non-hydrogen) atoms. The van der Waals surface area contributed by atoms with E-state index >= 15 is 0 Å². The first-order valence-corrected chi connectivity index (χ1v) is 6.93. The fraction of sp³-hybridized carbons (Fsp3) is 0.375. The maximum Gasteiger partial charge on any atom is 0.328 e. The van der Waals surface area contributed by atoms with Crippen LogP contribution in [-0.2, 0) is 19.7 Å². The maximum absolute atomic E-state index is 12.3. The van der Waals surface area contributed by atoms with Crippen molar-refractivity contribution in [3.63, 3.8) is 0 Å². The average molecular weight is 309 g/mol. The van der Waals surface area contributed by atoms with Gasteiger partial charge in [0.05, 0.1) is 6.61 Å². The van der Waals surface area contributed by atoms with Crippen LogP contribution in [0.25, 0.3) is 0 Å². The van der Waals surface area contributed by atoms with Crippen molar-refractivity contribution in [2.45, 2.75) is 32.1 Å². The van der Waals surface area contributed by atoms with Crippen LogP contribution in [0.3, 0.4) is 0 Å². The second kappa shape index (κ2) is 7.70. The Morgan fingerprint density at radius 1 is 1.38 bits per heavy atom. The van der Waals surface area contributed by atoms with Gasteiger partial charge in [-0.2, -0.15) is 0 Å². The van der Waals surface area contributed by atoms with E-state index in [1.54, 1.807) is 32.0 Å². The predicted molar refractivity (Wildman–Crippen MR) is 80.1 cm³/mol. The number of hydrogen-bond donors (Lipinski definition) is 1. The quantitative estimate of drug-likeness (QED) is 0.498. The SMILES string of the molecule is CC#CCCC(C(=O)O)(C(=O)OCC)c1ccccc1Cl. The Labute approximate surface area is 129 Å². The van der Waals surface area contributed by atoms with Gasteiger partial charge >= 0.3 is 11.9 Å². The molecule has 1 N–H and O–H groups in total. The van der Waals surface area contributed by atoms with Gasteiger partial charge in [0.15, 0.2) is 5.41 Å². The smallest absolute Gasteiger partial charge is 0.328 e. The zero-order valence-electron chi connectivity index (χ0n) is 12.0. The van der Waals surface area contributed by atoms with Crippen LogP contribution < -0.4 is 0 Å². The van der Waals surface area contributed by atoms with Crippen molar-refractivity contribution in [2.24, 2.45) is 0 Å². The van der Waals surface area contributed by atoms with E-state index in [2.05, 4.69) is 11.8 Å². The normalized spacial score (nSPS) is 12.7. The van der Waals surface area contributed by atoms with Crippen LogP contribution in [0.5, 0.6) is 0 Å². The molecule has 112 valence electrons. The second-order valence-electron chi connectivity index (χ2n) is 4.34. The number of rotatable bonds is 6. The highest BCUT2D eigenvalue weighted by molar-refractivity contribution is 6.32. The van der Waals surface area contributed by atoms with Crippen LogP contribution in [0, 0.1) is 11.8 Å². The van der Waals surface area contributed by atoms with Gasteiger partial charge in [-0.1, -0.05) is 29.8 Å². The third kappa shape index (κ3) is 3.56. The van der Waals surface area contributed by atoms with E-state index in [0.717, 1.165) is 0 Å². The third-order valence-electron chi connectivity index (χ3n) is 3.12. The van der Waals surface area contributed by atoms with Crippen LogP contribution in [-0.4, -0.2) is 23.7 Å². The molecular formula is C16H17ClO4. The number of carbonyl (C=O) groups is 2. The van der Waals surface area contributed by atoms with Gasteiger partial charge in [0.1, 0.15) is 0 Å². The Morgan fingerprint density at radius 3 is 2.57 bits per heavy atom. The lowest BCUT2D eigenvalue weighted by Gasteiger charge is -2.27. The molecule has 1 atom stereocenters. The van der Waals surface area contributed by atoms with E-state index in [9.17, 15) is 14.7 Å². The van der Waals surface area contributed by atoms with Gasteiger partial charge in [-0.25, -0.2) is 0 Å². The monoisotopic (exact) mass is 308 g/mol. The van der Waals surface area contributed by atoms with Crippen LogP contribution in [0.2, 0.25) is 5.02 Å². The number of ether oxygens (including phenoxy) is 1. The predicted octanol–water partition coefficient (Wildman–Crippen LogP) is 3.03. The molecule has 0 bridgehead atoms. The summed E-state index contributed by atoms with van der Waals surface area (Å²) in [4.78, 5) is 24.2. The molecule has 1 unspecified atom stereocenters. The highest BCUT2D eigenvalue weighted by Crippen LogP contribution is 2.36. The number of esters is 1. The largest absolute Gasteiger partial charge is 0.480 e. The first-order valence-electron chi connectivity index (χ1n) is 6.56. The number of carbonyl (C=O) groups excluding carboxylic acids is 1. The van der Waals surface area contributed by atoms with E-state index in [0.29, 0.717) is 0 Å². The van der Waals surface area contributed by atoms with E-state index < -0.39 is 17.4 Å². The van der Waals surface area contributed by atoms with Gasteiger partial charge in [0.25, 0.3) is 0 Å². The summed E-state index contributed by atoms with van der Waals surface area (Å²) in [6.07, 6.45) is 0.262. The standard InChI is InChI=1S/C16H17ClO4/c1-3-5-8-11-16(14(18)19,15(20)21-4-2)12-9-6-7-10-13(12)17/h6-7,9-10H,4,8,11H2,1-2H3,(H,18,19). The molecule has 4 nitrogen and oxygen atoms in total. The second-order valence-corrected chi connectivity index (χ2v) is 4.74. The molecule has 0 heterocycles. The van der Waals surface area contributed by atoms with Gasteiger partial charge in [0, 0.05) is 11.4 Å². The van der Waals surface area contributed by atoms with Crippen molar-refractivity contribution < 1.29 is 19.4 Å². The maximum atomic E-state index is 12.3.